The SMILES string of the molecule is CCCSc1nc(OC)ccc1N. The van der Waals surface area contributed by atoms with Gasteiger partial charge in [-0.1, -0.05) is 6.92 Å². The van der Waals surface area contributed by atoms with Crippen LogP contribution in [0.25, 0.3) is 0 Å². The average molecular weight is 198 g/mol. The zero-order valence-electron chi connectivity index (χ0n) is 7.91. The summed E-state index contributed by atoms with van der Waals surface area (Å²) in [7, 11) is 1.60. The van der Waals surface area contributed by atoms with Crippen LogP contribution in [0.2, 0.25) is 0 Å². The molecule has 0 bridgehead atoms. The Kier molecular flexibility index (Phi) is 3.89. The summed E-state index contributed by atoms with van der Waals surface area (Å²) in [6, 6.07) is 3.59. The summed E-state index contributed by atoms with van der Waals surface area (Å²) in [5.74, 6) is 1.65. The van der Waals surface area contributed by atoms with E-state index < -0.39 is 0 Å². The molecule has 0 aromatic carbocycles. The number of anilines is 1. The first-order valence-corrected chi connectivity index (χ1v) is 5.19. The second-order valence-corrected chi connectivity index (χ2v) is 3.68. The molecule has 2 N–H and O–H groups in total. The highest BCUT2D eigenvalue weighted by molar-refractivity contribution is 7.99. The average Bonchev–Trinajstić information content (AvgIpc) is 2.17. The molecule has 0 amide bonds. The molecule has 0 aliphatic rings. The number of hydrogen-bond donors (Lipinski definition) is 1. The Morgan fingerprint density at radius 3 is 2.92 bits per heavy atom. The van der Waals surface area contributed by atoms with Crippen molar-refractivity contribution < 1.29 is 4.74 Å². The van der Waals surface area contributed by atoms with Gasteiger partial charge >= 0.3 is 0 Å². The Morgan fingerprint density at radius 1 is 1.54 bits per heavy atom. The number of rotatable bonds is 4. The van der Waals surface area contributed by atoms with Crippen molar-refractivity contribution in [3.8, 4) is 5.88 Å². The molecule has 0 atom stereocenters. The van der Waals surface area contributed by atoms with E-state index in [2.05, 4.69) is 11.9 Å². The van der Waals surface area contributed by atoms with Crippen molar-refractivity contribution in [2.24, 2.45) is 0 Å². The number of nitrogens with two attached hydrogens (primary N) is 1. The van der Waals surface area contributed by atoms with E-state index >= 15 is 0 Å². The molecule has 0 radical (unpaired) electrons. The van der Waals surface area contributed by atoms with Crippen LogP contribution in [-0.2, 0) is 0 Å². The van der Waals surface area contributed by atoms with Gasteiger partial charge in [-0.25, -0.2) is 4.98 Å². The van der Waals surface area contributed by atoms with E-state index in [1.54, 1.807) is 24.9 Å². The van der Waals surface area contributed by atoms with E-state index in [0.717, 1.165) is 22.9 Å². The van der Waals surface area contributed by atoms with Gasteiger partial charge in [0.05, 0.1) is 12.8 Å². The number of pyridine rings is 1. The molecule has 1 heterocycles. The van der Waals surface area contributed by atoms with E-state index in [0.29, 0.717) is 5.88 Å². The highest BCUT2D eigenvalue weighted by Gasteiger charge is 2.02. The minimum atomic E-state index is 0.618. The molecule has 13 heavy (non-hydrogen) atoms. The second kappa shape index (κ2) is 4.97. The molecular formula is C9H14N2OS. The molecule has 1 aromatic heterocycles. The Bertz CT molecular complexity index is 278. The monoisotopic (exact) mass is 198 g/mol. The Hall–Kier alpha value is -0.900. The van der Waals surface area contributed by atoms with Crippen molar-refractivity contribution in [1.29, 1.82) is 0 Å². The first kappa shape index (κ1) is 10.2. The van der Waals surface area contributed by atoms with Crippen LogP contribution in [0.15, 0.2) is 17.2 Å². The largest absolute Gasteiger partial charge is 0.481 e. The molecule has 1 aromatic rings. The lowest BCUT2D eigenvalue weighted by molar-refractivity contribution is 0.395. The molecule has 1 rings (SSSR count). The van der Waals surface area contributed by atoms with Crippen LogP contribution in [-0.4, -0.2) is 17.8 Å². The Morgan fingerprint density at radius 2 is 2.31 bits per heavy atom. The Labute approximate surface area is 82.7 Å². The van der Waals surface area contributed by atoms with Gasteiger partial charge in [0.2, 0.25) is 5.88 Å². The van der Waals surface area contributed by atoms with E-state index in [1.807, 2.05) is 6.07 Å². The van der Waals surface area contributed by atoms with Gasteiger partial charge in [0, 0.05) is 6.07 Å². The molecule has 0 spiro atoms. The zero-order valence-corrected chi connectivity index (χ0v) is 8.73. The minimum Gasteiger partial charge on any atom is -0.481 e. The predicted molar refractivity (Wildman–Crippen MR) is 56.2 cm³/mol. The fourth-order valence-electron chi connectivity index (χ4n) is 0.862. The van der Waals surface area contributed by atoms with Gasteiger partial charge in [0.15, 0.2) is 0 Å². The fraction of sp³-hybridized carbons (Fsp3) is 0.444. The van der Waals surface area contributed by atoms with Crippen molar-refractivity contribution in [2.45, 2.75) is 18.4 Å². The summed E-state index contributed by atoms with van der Waals surface area (Å²) < 4.78 is 5.01. The number of nitrogen functional groups attached to an aromatic ring is 1. The van der Waals surface area contributed by atoms with Crippen LogP contribution in [0.1, 0.15) is 13.3 Å². The highest BCUT2D eigenvalue weighted by Crippen LogP contribution is 2.25. The molecule has 3 nitrogen and oxygen atoms in total. The van der Waals surface area contributed by atoms with Crippen LogP contribution in [0.4, 0.5) is 5.69 Å². The summed E-state index contributed by atoms with van der Waals surface area (Å²) in [6.07, 6.45) is 1.11. The third-order valence-corrected chi connectivity index (χ3v) is 2.73. The van der Waals surface area contributed by atoms with Crippen LogP contribution in [0.3, 0.4) is 0 Å². The van der Waals surface area contributed by atoms with Gasteiger partial charge in [-0.3, -0.25) is 0 Å². The van der Waals surface area contributed by atoms with E-state index in [9.17, 15) is 0 Å². The van der Waals surface area contributed by atoms with Gasteiger partial charge in [-0.2, -0.15) is 0 Å². The summed E-state index contributed by atoms with van der Waals surface area (Å²) in [5.41, 5.74) is 6.47. The molecule has 0 aliphatic heterocycles. The van der Waals surface area contributed by atoms with Crippen LogP contribution in [0.5, 0.6) is 5.88 Å². The van der Waals surface area contributed by atoms with Crippen molar-refractivity contribution in [2.75, 3.05) is 18.6 Å². The number of hydrogen-bond acceptors (Lipinski definition) is 4. The second-order valence-electron chi connectivity index (χ2n) is 2.60. The molecule has 4 heteroatoms. The van der Waals surface area contributed by atoms with Crippen LogP contribution < -0.4 is 10.5 Å². The zero-order chi connectivity index (χ0) is 9.68. The third-order valence-electron chi connectivity index (χ3n) is 1.52. The molecule has 0 unspecified atom stereocenters. The number of aromatic nitrogens is 1. The van der Waals surface area contributed by atoms with Gasteiger partial charge in [0.25, 0.3) is 0 Å². The van der Waals surface area contributed by atoms with Crippen molar-refractivity contribution in [3.05, 3.63) is 12.1 Å². The molecule has 0 fully saturated rings. The smallest absolute Gasteiger partial charge is 0.214 e. The van der Waals surface area contributed by atoms with Crippen molar-refractivity contribution >= 4 is 17.4 Å². The van der Waals surface area contributed by atoms with Gasteiger partial charge < -0.3 is 10.5 Å². The normalized spacial score (nSPS) is 10.0. The maximum absolute atomic E-state index is 5.75. The summed E-state index contributed by atoms with van der Waals surface area (Å²) in [5, 5.41) is 0.862. The van der Waals surface area contributed by atoms with Gasteiger partial charge in [0.1, 0.15) is 5.03 Å². The Balaban J connectivity index is 2.78. The number of nitrogens with zero attached hydrogens (tertiary/aromatic N) is 1. The first-order chi connectivity index (χ1) is 6.27. The lowest BCUT2D eigenvalue weighted by Crippen LogP contribution is -1.95. The number of methoxy groups -OCH3 is 1. The molecule has 0 saturated carbocycles. The van der Waals surface area contributed by atoms with E-state index in [1.165, 1.54) is 0 Å². The van der Waals surface area contributed by atoms with E-state index in [-0.39, 0.29) is 0 Å². The van der Waals surface area contributed by atoms with Crippen molar-refractivity contribution in [1.82, 2.24) is 4.98 Å². The summed E-state index contributed by atoms with van der Waals surface area (Å²) in [4.78, 5) is 4.24. The van der Waals surface area contributed by atoms with Gasteiger partial charge in [-0.05, 0) is 18.2 Å². The summed E-state index contributed by atoms with van der Waals surface area (Å²) >= 11 is 1.66. The van der Waals surface area contributed by atoms with Gasteiger partial charge in [-0.15, -0.1) is 11.8 Å². The third kappa shape index (κ3) is 2.81. The molecule has 0 saturated heterocycles. The topological polar surface area (TPSA) is 48.1 Å². The maximum atomic E-state index is 5.75. The lowest BCUT2D eigenvalue weighted by Gasteiger charge is -2.05. The van der Waals surface area contributed by atoms with Crippen LogP contribution >= 0.6 is 11.8 Å². The first-order valence-electron chi connectivity index (χ1n) is 4.21. The number of ether oxygens (including phenoxy) is 1. The lowest BCUT2D eigenvalue weighted by atomic mass is 10.4. The van der Waals surface area contributed by atoms with Crippen LogP contribution in [0, 0.1) is 0 Å². The summed E-state index contributed by atoms with van der Waals surface area (Å²) in [6.45, 7) is 2.13. The number of thioether (sulfide) groups is 1. The quantitative estimate of drug-likeness (QED) is 0.753. The molecule has 72 valence electrons. The standard InChI is InChI=1S/C9H14N2OS/c1-3-6-13-9-7(10)4-5-8(11-9)12-2/h4-5H,3,6,10H2,1-2H3. The predicted octanol–water partition coefficient (Wildman–Crippen LogP) is 2.17. The highest BCUT2D eigenvalue weighted by atomic mass is 32.2. The minimum absolute atomic E-state index is 0.618. The molecule has 0 aliphatic carbocycles. The van der Waals surface area contributed by atoms with Crippen molar-refractivity contribution in [3.63, 3.8) is 0 Å². The fourth-order valence-corrected chi connectivity index (χ4v) is 1.65. The van der Waals surface area contributed by atoms with E-state index in [4.69, 9.17) is 10.5 Å². The molecular weight excluding hydrogens is 184 g/mol. The maximum Gasteiger partial charge on any atom is 0.214 e.